The predicted molar refractivity (Wildman–Crippen MR) is 121 cm³/mol. The Morgan fingerprint density at radius 3 is 2.66 bits per heavy atom. The zero-order valence-corrected chi connectivity index (χ0v) is 18.3. The van der Waals surface area contributed by atoms with Gasteiger partial charge < -0.3 is 24.3 Å². The molecule has 3 aromatic rings. The van der Waals surface area contributed by atoms with Crippen molar-refractivity contribution in [1.29, 1.82) is 0 Å². The van der Waals surface area contributed by atoms with E-state index in [2.05, 4.69) is 5.32 Å². The predicted octanol–water partition coefficient (Wildman–Crippen LogP) is 2.27. The van der Waals surface area contributed by atoms with Gasteiger partial charge in [-0.1, -0.05) is 24.3 Å². The molecule has 0 aliphatic carbocycles. The van der Waals surface area contributed by atoms with E-state index in [1.165, 1.54) is 0 Å². The number of hydrogen-bond donors (Lipinski definition) is 1. The molecule has 0 saturated carbocycles. The molecule has 8 heteroatoms. The van der Waals surface area contributed by atoms with Crippen molar-refractivity contribution in [2.24, 2.45) is 0 Å². The number of ether oxygens (including phenoxy) is 2. The van der Waals surface area contributed by atoms with Gasteiger partial charge in [0, 0.05) is 26.1 Å². The maximum Gasteiger partial charge on any atom is 0.255 e. The highest BCUT2D eigenvalue weighted by Gasteiger charge is 2.20. The standard InChI is InChI=1S/C24H28N4O4/c1-31-21-10-5-2-7-18(21)24(30)25-12-6-11-22-26-19-8-3-4-9-20(19)28(22)17-23(29)27-13-15-32-16-14-27/h2-5,7-10H,6,11-17H2,1H3,(H,25,30). The van der Waals surface area contributed by atoms with Crippen LogP contribution in [0.1, 0.15) is 22.6 Å². The van der Waals surface area contributed by atoms with E-state index in [1.54, 1.807) is 19.2 Å². The molecule has 0 atom stereocenters. The van der Waals surface area contributed by atoms with E-state index in [-0.39, 0.29) is 18.4 Å². The minimum absolute atomic E-state index is 0.0715. The Hall–Kier alpha value is -3.39. The van der Waals surface area contributed by atoms with Crippen LogP contribution in [0.4, 0.5) is 0 Å². The van der Waals surface area contributed by atoms with Crippen molar-refractivity contribution in [2.45, 2.75) is 19.4 Å². The number of carbonyl (C=O) groups excluding carboxylic acids is 2. The molecule has 4 rings (SSSR count). The van der Waals surface area contributed by atoms with Crippen LogP contribution >= 0.6 is 0 Å². The summed E-state index contributed by atoms with van der Waals surface area (Å²) in [6, 6.07) is 15.0. The van der Waals surface area contributed by atoms with Gasteiger partial charge >= 0.3 is 0 Å². The molecule has 1 fully saturated rings. The maximum absolute atomic E-state index is 12.9. The number of fused-ring (bicyclic) bond motifs is 1. The minimum atomic E-state index is -0.168. The van der Waals surface area contributed by atoms with Crippen LogP contribution in [-0.4, -0.2) is 66.2 Å². The largest absolute Gasteiger partial charge is 0.496 e. The van der Waals surface area contributed by atoms with Gasteiger partial charge in [0.05, 0.1) is 36.9 Å². The van der Waals surface area contributed by atoms with Gasteiger partial charge in [-0.05, 0) is 30.7 Å². The average Bonchev–Trinajstić information content (AvgIpc) is 3.19. The van der Waals surface area contributed by atoms with E-state index in [0.717, 1.165) is 16.9 Å². The number of nitrogens with zero attached hydrogens (tertiary/aromatic N) is 3. The van der Waals surface area contributed by atoms with E-state index in [9.17, 15) is 9.59 Å². The molecule has 1 N–H and O–H groups in total. The molecule has 2 heterocycles. The lowest BCUT2D eigenvalue weighted by atomic mass is 10.2. The van der Waals surface area contributed by atoms with Gasteiger partial charge in [-0.3, -0.25) is 9.59 Å². The number of aromatic nitrogens is 2. The Balaban J connectivity index is 1.41. The minimum Gasteiger partial charge on any atom is -0.496 e. The quantitative estimate of drug-likeness (QED) is 0.548. The highest BCUT2D eigenvalue weighted by atomic mass is 16.5. The summed E-state index contributed by atoms with van der Waals surface area (Å²) in [7, 11) is 1.55. The van der Waals surface area contributed by atoms with Gasteiger partial charge in [-0.2, -0.15) is 0 Å². The van der Waals surface area contributed by atoms with Gasteiger partial charge in [0.1, 0.15) is 18.1 Å². The fourth-order valence-corrected chi connectivity index (χ4v) is 3.92. The number of hydrogen-bond acceptors (Lipinski definition) is 5. The SMILES string of the molecule is COc1ccccc1C(=O)NCCCc1nc2ccccc2n1CC(=O)N1CCOCC1. The molecule has 1 saturated heterocycles. The lowest BCUT2D eigenvalue weighted by molar-refractivity contribution is -0.135. The zero-order valence-electron chi connectivity index (χ0n) is 18.3. The van der Waals surface area contributed by atoms with Crippen LogP contribution in [0, 0.1) is 0 Å². The zero-order chi connectivity index (χ0) is 22.3. The van der Waals surface area contributed by atoms with Gasteiger partial charge in [-0.25, -0.2) is 4.98 Å². The molecule has 0 bridgehead atoms. The second kappa shape index (κ2) is 10.3. The van der Waals surface area contributed by atoms with Crippen molar-refractivity contribution in [3.05, 3.63) is 59.9 Å². The Morgan fingerprint density at radius 2 is 1.84 bits per heavy atom. The first kappa shape index (κ1) is 21.8. The van der Waals surface area contributed by atoms with Gasteiger partial charge in [0.25, 0.3) is 5.91 Å². The van der Waals surface area contributed by atoms with Crippen molar-refractivity contribution in [2.75, 3.05) is 40.0 Å². The normalized spacial score (nSPS) is 13.8. The molecule has 8 nitrogen and oxygen atoms in total. The summed E-state index contributed by atoms with van der Waals surface area (Å²) in [5.74, 6) is 1.30. The van der Waals surface area contributed by atoms with Crippen LogP contribution in [0.2, 0.25) is 0 Å². The second-order valence-electron chi connectivity index (χ2n) is 7.66. The summed E-state index contributed by atoms with van der Waals surface area (Å²) >= 11 is 0. The average molecular weight is 437 g/mol. The lowest BCUT2D eigenvalue weighted by Crippen LogP contribution is -2.42. The Labute approximate surface area is 187 Å². The molecule has 2 amide bonds. The van der Waals surface area contributed by atoms with Gasteiger partial charge in [0.2, 0.25) is 5.91 Å². The number of nitrogens with one attached hydrogen (secondary N) is 1. The van der Waals surface area contributed by atoms with E-state index >= 15 is 0 Å². The molecule has 1 aliphatic heterocycles. The lowest BCUT2D eigenvalue weighted by Gasteiger charge is -2.27. The van der Waals surface area contributed by atoms with Crippen molar-refractivity contribution < 1.29 is 19.1 Å². The number of imidazole rings is 1. The molecule has 0 spiro atoms. The first-order valence-corrected chi connectivity index (χ1v) is 10.9. The smallest absolute Gasteiger partial charge is 0.255 e. The molecule has 168 valence electrons. The number of rotatable bonds is 8. The van der Waals surface area contributed by atoms with Gasteiger partial charge in [0.15, 0.2) is 0 Å². The molecule has 1 aliphatic rings. The van der Waals surface area contributed by atoms with Crippen molar-refractivity contribution in [3.63, 3.8) is 0 Å². The third kappa shape index (κ3) is 4.91. The maximum atomic E-state index is 12.9. The van der Waals surface area contributed by atoms with Crippen molar-refractivity contribution in [3.8, 4) is 5.75 Å². The third-order valence-corrected chi connectivity index (χ3v) is 5.61. The van der Waals surface area contributed by atoms with Crippen LogP contribution in [0.15, 0.2) is 48.5 Å². The summed E-state index contributed by atoms with van der Waals surface area (Å²) in [5, 5.41) is 2.94. The molecule has 32 heavy (non-hydrogen) atoms. The summed E-state index contributed by atoms with van der Waals surface area (Å²) in [5.41, 5.74) is 2.33. The number of amides is 2. The van der Waals surface area contributed by atoms with E-state index in [0.29, 0.717) is 57.0 Å². The molecular weight excluding hydrogens is 408 g/mol. The Bertz CT molecular complexity index is 1090. The summed E-state index contributed by atoms with van der Waals surface area (Å²) in [6.45, 7) is 3.15. The molecule has 2 aromatic carbocycles. The van der Waals surface area contributed by atoms with Crippen molar-refractivity contribution in [1.82, 2.24) is 19.8 Å². The Morgan fingerprint density at radius 1 is 1.09 bits per heavy atom. The fourth-order valence-electron chi connectivity index (χ4n) is 3.92. The Kier molecular flexibility index (Phi) is 7.01. The van der Waals surface area contributed by atoms with E-state index in [4.69, 9.17) is 14.5 Å². The first-order chi connectivity index (χ1) is 15.7. The summed E-state index contributed by atoms with van der Waals surface area (Å²) < 4.78 is 12.6. The number of carbonyl (C=O) groups is 2. The monoisotopic (exact) mass is 436 g/mol. The fraction of sp³-hybridized carbons (Fsp3) is 0.375. The third-order valence-electron chi connectivity index (χ3n) is 5.61. The van der Waals surface area contributed by atoms with Crippen LogP contribution in [0.25, 0.3) is 11.0 Å². The van der Waals surface area contributed by atoms with Crippen LogP contribution in [0.5, 0.6) is 5.75 Å². The highest BCUT2D eigenvalue weighted by Crippen LogP contribution is 2.19. The highest BCUT2D eigenvalue weighted by molar-refractivity contribution is 5.96. The molecular formula is C24H28N4O4. The number of morpholine rings is 1. The number of aryl methyl sites for hydroxylation is 1. The van der Waals surface area contributed by atoms with Crippen LogP contribution < -0.4 is 10.1 Å². The van der Waals surface area contributed by atoms with E-state index in [1.807, 2.05) is 45.9 Å². The number of benzene rings is 2. The molecule has 1 aromatic heterocycles. The van der Waals surface area contributed by atoms with Crippen molar-refractivity contribution >= 4 is 22.8 Å². The van der Waals surface area contributed by atoms with Gasteiger partial charge in [-0.15, -0.1) is 0 Å². The van der Waals surface area contributed by atoms with Crippen LogP contribution in [0.3, 0.4) is 0 Å². The molecule has 0 radical (unpaired) electrons. The molecule has 0 unspecified atom stereocenters. The summed E-state index contributed by atoms with van der Waals surface area (Å²) in [4.78, 5) is 31.9. The van der Waals surface area contributed by atoms with Crippen LogP contribution in [-0.2, 0) is 22.5 Å². The topological polar surface area (TPSA) is 85.7 Å². The number of para-hydroxylation sites is 3. The van der Waals surface area contributed by atoms with E-state index < -0.39 is 0 Å². The first-order valence-electron chi connectivity index (χ1n) is 10.9. The number of methoxy groups -OCH3 is 1. The summed E-state index contributed by atoms with van der Waals surface area (Å²) in [6.07, 6.45) is 1.35. The second-order valence-corrected chi connectivity index (χ2v) is 7.66.